The highest BCUT2D eigenvalue weighted by Crippen LogP contribution is 2.30. The average Bonchev–Trinajstić information content (AvgIpc) is 2.92. The third-order valence-electron chi connectivity index (χ3n) is 2.16. The van der Waals surface area contributed by atoms with Gasteiger partial charge in [0.15, 0.2) is 0 Å². The van der Waals surface area contributed by atoms with Crippen LogP contribution >= 0.6 is 0 Å². The van der Waals surface area contributed by atoms with E-state index in [1.54, 1.807) is 10.9 Å². The van der Waals surface area contributed by atoms with Crippen molar-refractivity contribution < 1.29 is 9.53 Å². The molecule has 0 spiro atoms. The highest BCUT2D eigenvalue weighted by Gasteiger charge is 2.17. The molecule has 2 rings (SSSR count). The normalized spacial score (nSPS) is 16.1. The molecule has 1 aromatic heterocycles. The molecule has 0 radical (unpaired) electrons. The second kappa shape index (κ2) is 3.65. The maximum absolute atomic E-state index is 11.1. The van der Waals surface area contributed by atoms with Gasteiger partial charge in [0.05, 0.1) is 18.9 Å². The number of aromatic nitrogens is 2. The molecule has 0 aromatic carbocycles. The molecule has 74 valence electrons. The highest BCUT2D eigenvalue weighted by molar-refractivity contribution is 5.88. The van der Waals surface area contributed by atoms with Crippen molar-refractivity contribution in [2.24, 2.45) is 5.92 Å². The van der Waals surface area contributed by atoms with Gasteiger partial charge in [-0.25, -0.2) is 9.48 Å². The van der Waals surface area contributed by atoms with Crippen molar-refractivity contribution in [1.82, 2.24) is 9.78 Å². The second-order valence-corrected chi connectivity index (χ2v) is 3.38. The topological polar surface area (TPSA) is 44.1 Å². The lowest BCUT2D eigenvalue weighted by atomic mass is 10.4. The first-order chi connectivity index (χ1) is 6.79. The number of rotatable bonds is 3. The minimum absolute atomic E-state index is 0.351. The minimum Gasteiger partial charge on any atom is -0.465 e. The van der Waals surface area contributed by atoms with Crippen molar-refractivity contribution in [2.75, 3.05) is 7.11 Å². The maximum Gasteiger partial charge on any atom is 0.341 e. The van der Waals surface area contributed by atoms with Crippen LogP contribution in [0.1, 0.15) is 23.2 Å². The van der Waals surface area contributed by atoms with Gasteiger partial charge in [0.1, 0.15) is 0 Å². The summed E-state index contributed by atoms with van der Waals surface area (Å²) in [6.45, 7) is 0. The molecule has 1 aliphatic carbocycles. The number of carbonyl (C=O) groups excluding carboxylic acids is 1. The molecule has 0 atom stereocenters. The van der Waals surface area contributed by atoms with Crippen molar-refractivity contribution in [3.05, 3.63) is 24.0 Å². The van der Waals surface area contributed by atoms with Gasteiger partial charge >= 0.3 is 5.97 Å². The molecular weight excluding hydrogens is 180 g/mol. The number of hydrogen-bond donors (Lipinski definition) is 0. The van der Waals surface area contributed by atoms with E-state index in [1.165, 1.54) is 26.1 Å². The first-order valence-corrected chi connectivity index (χ1v) is 4.60. The first kappa shape index (κ1) is 8.99. The molecule has 14 heavy (non-hydrogen) atoms. The van der Waals surface area contributed by atoms with Crippen LogP contribution in [0.4, 0.5) is 0 Å². The van der Waals surface area contributed by atoms with Crippen LogP contribution in [0.15, 0.2) is 18.5 Å². The lowest BCUT2D eigenvalue weighted by molar-refractivity contribution is 0.0601. The zero-order valence-electron chi connectivity index (χ0n) is 8.01. The van der Waals surface area contributed by atoms with Crippen LogP contribution in [0.5, 0.6) is 0 Å². The van der Waals surface area contributed by atoms with Crippen molar-refractivity contribution in [3.8, 4) is 0 Å². The quantitative estimate of drug-likeness (QED) is 0.682. The number of esters is 1. The summed E-state index contributed by atoms with van der Waals surface area (Å²) in [5.41, 5.74) is 0.480. The zero-order valence-corrected chi connectivity index (χ0v) is 8.01. The predicted molar refractivity (Wildman–Crippen MR) is 51.6 cm³/mol. The van der Waals surface area contributed by atoms with E-state index in [0.29, 0.717) is 11.5 Å². The Balaban J connectivity index is 2.04. The van der Waals surface area contributed by atoms with Crippen molar-refractivity contribution in [1.29, 1.82) is 0 Å². The van der Waals surface area contributed by atoms with Crippen molar-refractivity contribution in [2.45, 2.75) is 12.8 Å². The van der Waals surface area contributed by atoms with Crippen LogP contribution in [-0.2, 0) is 4.74 Å². The Hall–Kier alpha value is -1.58. The van der Waals surface area contributed by atoms with Crippen LogP contribution in [0.25, 0.3) is 6.20 Å². The van der Waals surface area contributed by atoms with Gasteiger partial charge in [-0.1, -0.05) is 6.08 Å². The van der Waals surface area contributed by atoms with E-state index in [0.717, 1.165) is 0 Å². The van der Waals surface area contributed by atoms with E-state index in [1.807, 2.05) is 6.20 Å². The molecule has 0 amide bonds. The first-order valence-electron chi connectivity index (χ1n) is 4.60. The standard InChI is InChI=1S/C10H12N2O2/c1-14-10(13)9-6-11-12(7-9)5-4-8-2-3-8/h4-8H,2-3H2,1H3/b5-4+. The van der Waals surface area contributed by atoms with Crippen molar-refractivity contribution in [3.63, 3.8) is 0 Å². The monoisotopic (exact) mass is 192 g/mol. The Morgan fingerprint density at radius 3 is 3.14 bits per heavy atom. The Morgan fingerprint density at radius 1 is 1.71 bits per heavy atom. The summed E-state index contributed by atoms with van der Waals surface area (Å²) in [6.07, 6.45) is 9.68. The lowest BCUT2D eigenvalue weighted by Gasteiger charge is -1.91. The smallest absolute Gasteiger partial charge is 0.341 e. The lowest BCUT2D eigenvalue weighted by Crippen LogP contribution is -1.98. The van der Waals surface area contributed by atoms with Gasteiger partial charge in [0, 0.05) is 12.4 Å². The van der Waals surface area contributed by atoms with Gasteiger partial charge in [-0.2, -0.15) is 5.10 Å². The second-order valence-electron chi connectivity index (χ2n) is 3.38. The highest BCUT2D eigenvalue weighted by atomic mass is 16.5. The van der Waals surface area contributed by atoms with E-state index >= 15 is 0 Å². The number of carbonyl (C=O) groups is 1. The molecule has 0 unspecified atom stereocenters. The summed E-state index contributed by atoms with van der Waals surface area (Å²) in [6, 6.07) is 0. The van der Waals surface area contributed by atoms with Gasteiger partial charge in [0.25, 0.3) is 0 Å². The maximum atomic E-state index is 11.1. The summed E-state index contributed by atoms with van der Waals surface area (Å²) in [5.74, 6) is 0.358. The Bertz CT molecular complexity index is 364. The third kappa shape index (κ3) is 2.02. The van der Waals surface area contributed by atoms with Gasteiger partial charge < -0.3 is 4.74 Å². The SMILES string of the molecule is COC(=O)c1cnn(/C=C/C2CC2)c1. The Labute approximate surface area is 82.2 Å². The molecule has 0 saturated heterocycles. The summed E-state index contributed by atoms with van der Waals surface area (Å²) in [5, 5.41) is 4.01. The molecule has 0 N–H and O–H groups in total. The molecule has 1 aliphatic rings. The van der Waals surface area contributed by atoms with Crippen LogP contribution in [0.3, 0.4) is 0 Å². The number of allylic oxidation sites excluding steroid dienone is 1. The predicted octanol–water partition coefficient (Wildman–Crippen LogP) is 1.55. The molecule has 0 bridgehead atoms. The number of ether oxygens (including phenoxy) is 1. The molecular formula is C10H12N2O2. The average molecular weight is 192 g/mol. The fraction of sp³-hybridized carbons (Fsp3) is 0.400. The van der Waals surface area contributed by atoms with Crippen LogP contribution in [0, 0.1) is 5.92 Å². The van der Waals surface area contributed by atoms with E-state index in [4.69, 9.17) is 0 Å². The fourth-order valence-corrected chi connectivity index (χ4v) is 1.14. The number of hydrogen-bond acceptors (Lipinski definition) is 3. The van der Waals surface area contributed by atoms with E-state index in [9.17, 15) is 4.79 Å². The summed E-state index contributed by atoms with van der Waals surface area (Å²) in [7, 11) is 1.36. The van der Waals surface area contributed by atoms with Crippen LogP contribution in [0.2, 0.25) is 0 Å². The molecule has 1 saturated carbocycles. The largest absolute Gasteiger partial charge is 0.465 e. The van der Waals surface area contributed by atoms with E-state index < -0.39 is 0 Å². The molecule has 1 fully saturated rings. The van der Waals surface area contributed by atoms with E-state index in [2.05, 4.69) is 15.9 Å². The fourth-order valence-electron chi connectivity index (χ4n) is 1.14. The Morgan fingerprint density at radius 2 is 2.50 bits per heavy atom. The summed E-state index contributed by atoms with van der Waals surface area (Å²) >= 11 is 0. The third-order valence-corrected chi connectivity index (χ3v) is 2.16. The number of methoxy groups -OCH3 is 1. The molecule has 0 aliphatic heterocycles. The van der Waals surface area contributed by atoms with Crippen molar-refractivity contribution >= 4 is 12.2 Å². The van der Waals surface area contributed by atoms with Gasteiger partial charge in [-0.3, -0.25) is 0 Å². The number of nitrogens with zero attached hydrogens (tertiary/aromatic N) is 2. The van der Waals surface area contributed by atoms with Gasteiger partial charge in [-0.15, -0.1) is 0 Å². The molecule has 4 nitrogen and oxygen atoms in total. The van der Waals surface area contributed by atoms with Crippen LogP contribution in [-0.4, -0.2) is 22.9 Å². The summed E-state index contributed by atoms with van der Waals surface area (Å²) < 4.78 is 6.20. The minimum atomic E-state index is -0.351. The summed E-state index contributed by atoms with van der Waals surface area (Å²) in [4.78, 5) is 11.1. The van der Waals surface area contributed by atoms with Gasteiger partial charge in [-0.05, 0) is 18.8 Å². The zero-order chi connectivity index (χ0) is 9.97. The van der Waals surface area contributed by atoms with Crippen LogP contribution < -0.4 is 0 Å². The molecule has 1 aromatic rings. The van der Waals surface area contributed by atoms with Gasteiger partial charge in [0.2, 0.25) is 0 Å². The molecule has 1 heterocycles. The Kier molecular flexibility index (Phi) is 2.35. The van der Waals surface area contributed by atoms with E-state index in [-0.39, 0.29) is 5.97 Å². The molecule has 4 heteroatoms.